The minimum Gasteiger partial charge on any atom is -0.496 e. The zero-order chi connectivity index (χ0) is 23.9. The number of anilines is 3. The van der Waals surface area contributed by atoms with Crippen LogP contribution in [0.2, 0.25) is 0 Å². The highest BCUT2D eigenvalue weighted by molar-refractivity contribution is 5.91. The van der Waals surface area contributed by atoms with E-state index >= 15 is 0 Å². The van der Waals surface area contributed by atoms with Crippen LogP contribution in [-0.4, -0.2) is 36.0 Å². The molecule has 7 nitrogen and oxygen atoms in total. The number of aromatic nitrogens is 2. The Morgan fingerprint density at radius 2 is 2.06 bits per heavy atom. The average Bonchev–Trinajstić information content (AvgIpc) is 2.89. The molecule has 2 aromatic carbocycles. The van der Waals surface area contributed by atoms with Crippen molar-refractivity contribution in [2.24, 2.45) is 0 Å². The van der Waals surface area contributed by atoms with Crippen LogP contribution in [0.15, 0.2) is 61.3 Å². The Balaban J connectivity index is 1.64. The van der Waals surface area contributed by atoms with Crippen molar-refractivity contribution in [2.75, 3.05) is 30.4 Å². The number of nitrogens with zero attached hydrogens (tertiary/aromatic N) is 4. The van der Waals surface area contributed by atoms with Gasteiger partial charge in [0.1, 0.15) is 5.75 Å². The fourth-order valence-electron chi connectivity index (χ4n) is 4.12. The molecular weight excluding hydrogens is 426 g/mol. The molecule has 0 bridgehead atoms. The second-order valence-electron chi connectivity index (χ2n) is 8.14. The van der Waals surface area contributed by atoms with Crippen molar-refractivity contribution in [3.8, 4) is 17.0 Å². The number of benzene rings is 2. The third kappa shape index (κ3) is 5.24. The van der Waals surface area contributed by atoms with Gasteiger partial charge in [0.05, 0.1) is 19.4 Å². The van der Waals surface area contributed by atoms with Gasteiger partial charge in [0.2, 0.25) is 11.6 Å². The van der Waals surface area contributed by atoms with E-state index in [2.05, 4.69) is 43.7 Å². The van der Waals surface area contributed by atoms with E-state index in [4.69, 9.17) is 11.3 Å². The van der Waals surface area contributed by atoms with Crippen molar-refractivity contribution in [3.63, 3.8) is 0 Å². The van der Waals surface area contributed by atoms with Gasteiger partial charge in [0.15, 0.2) is 5.78 Å². The van der Waals surface area contributed by atoms with E-state index in [0.29, 0.717) is 34.2 Å². The minimum absolute atomic E-state index is 0.112. The van der Waals surface area contributed by atoms with Gasteiger partial charge in [-0.25, -0.2) is 14.8 Å². The predicted octanol–water partition coefficient (Wildman–Crippen LogP) is 5.73. The number of piperidine rings is 1. The lowest BCUT2D eigenvalue weighted by molar-refractivity contribution is -0.114. The van der Waals surface area contributed by atoms with Gasteiger partial charge in [-0.05, 0) is 61.2 Å². The highest BCUT2D eigenvalue weighted by atomic mass is 16.5. The first-order valence-corrected chi connectivity index (χ1v) is 11.3. The standard InChI is InChI=1S/C27H27N5O2/c1-4-23(33)16-20-15-19(11-12-25(20)34-3)26-24(28-2)18-29-27(31-26)30-21-9-8-10-22(17-21)32-13-6-5-7-14-32/h4,8-12,15,17-18H,1,5-7,13-14,16H2,3H3,(H,29,30,31). The van der Waals surface area contributed by atoms with Gasteiger partial charge in [0.25, 0.3) is 0 Å². The van der Waals surface area contributed by atoms with Crippen molar-refractivity contribution in [1.82, 2.24) is 9.97 Å². The Hall–Kier alpha value is -4.18. The molecule has 1 aromatic heterocycles. The lowest BCUT2D eigenvalue weighted by Crippen LogP contribution is -2.29. The summed E-state index contributed by atoms with van der Waals surface area (Å²) in [6, 6.07) is 13.7. The number of nitrogens with one attached hydrogen (secondary N) is 1. The van der Waals surface area contributed by atoms with Crippen LogP contribution in [0.1, 0.15) is 24.8 Å². The molecule has 1 fully saturated rings. The van der Waals surface area contributed by atoms with E-state index in [1.54, 1.807) is 13.2 Å². The molecule has 2 heterocycles. The van der Waals surface area contributed by atoms with Crippen molar-refractivity contribution in [1.29, 1.82) is 0 Å². The number of carbonyl (C=O) groups excluding carboxylic acids is 1. The number of hydrogen-bond donors (Lipinski definition) is 1. The zero-order valence-electron chi connectivity index (χ0n) is 19.3. The third-order valence-corrected chi connectivity index (χ3v) is 5.86. The maximum absolute atomic E-state index is 12.0. The van der Waals surface area contributed by atoms with Crippen LogP contribution < -0.4 is 15.0 Å². The number of ketones is 1. The van der Waals surface area contributed by atoms with Crippen molar-refractivity contribution in [2.45, 2.75) is 25.7 Å². The predicted molar refractivity (Wildman–Crippen MR) is 135 cm³/mol. The molecule has 0 aliphatic carbocycles. The molecule has 172 valence electrons. The monoisotopic (exact) mass is 453 g/mol. The second kappa shape index (κ2) is 10.6. The van der Waals surface area contributed by atoms with Crippen molar-refractivity contribution >= 4 is 28.8 Å². The highest BCUT2D eigenvalue weighted by Crippen LogP contribution is 2.33. The maximum Gasteiger partial charge on any atom is 0.230 e. The summed E-state index contributed by atoms with van der Waals surface area (Å²) in [6.07, 6.45) is 6.68. The fraction of sp³-hybridized carbons (Fsp3) is 0.259. The molecule has 0 radical (unpaired) electrons. The lowest BCUT2D eigenvalue weighted by Gasteiger charge is -2.29. The van der Waals surface area contributed by atoms with Crippen molar-refractivity contribution in [3.05, 3.63) is 78.3 Å². The molecule has 1 aliphatic heterocycles. The average molecular weight is 454 g/mol. The van der Waals surface area contributed by atoms with E-state index < -0.39 is 0 Å². The third-order valence-electron chi connectivity index (χ3n) is 5.86. The maximum atomic E-state index is 12.0. The topological polar surface area (TPSA) is 71.7 Å². The Labute approximate surface area is 199 Å². The molecule has 0 spiro atoms. The Morgan fingerprint density at radius 3 is 2.79 bits per heavy atom. The normalized spacial score (nSPS) is 13.1. The molecule has 1 N–H and O–H groups in total. The molecule has 0 atom stereocenters. The minimum atomic E-state index is -0.112. The SMILES string of the molecule is [C-]#[N+]c1cnc(Nc2cccc(N3CCCCC3)c2)nc1-c1ccc(OC)c(CC(=O)C=C)c1. The van der Waals surface area contributed by atoms with Crippen molar-refractivity contribution < 1.29 is 9.53 Å². The summed E-state index contributed by atoms with van der Waals surface area (Å²) in [5.41, 5.74) is 4.31. The summed E-state index contributed by atoms with van der Waals surface area (Å²) < 4.78 is 5.41. The molecule has 7 heteroatoms. The first kappa shape index (κ1) is 23.0. The molecule has 0 amide bonds. The largest absolute Gasteiger partial charge is 0.496 e. The van der Waals surface area contributed by atoms with Gasteiger partial charge < -0.3 is 15.0 Å². The summed E-state index contributed by atoms with van der Waals surface area (Å²) in [5.74, 6) is 0.891. The smallest absolute Gasteiger partial charge is 0.230 e. The van der Waals surface area contributed by atoms with Gasteiger partial charge in [0, 0.05) is 42.6 Å². The number of hydrogen-bond acceptors (Lipinski definition) is 6. The number of rotatable bonds is 8. The fourth-order valence-corrected chi connectivity index (χ4v) is 4.12. The summed E-state index contributed by atoms with van der Waals surface area (Å²) in [6.45, 7) is 13.2. The van der Waals surface area contributed by atoms with Gasteiger partial charge in [-0.1, -0.05) is 18.7 Å². The number of ether oxygens (including phenoxy) is 1. The summed E-state index contributed by atoms with van der Waals surface area (Å²) in [5, 5.41) is 3.28. The molecular formula is C27H27N5O2. The Kier molecular flexibility index (Phi) is 7.19. The van der Waals surface area contributed by atoms with Crippen LogP contribution in [0.5, 0.6) is 5.75 Å². The molecule has 3 aromatic rings. The van der Waals surface area contributed by atoms with Gasteiger partial charge >= 0.3 is 0 Å². The summed E-state index contributed by atoms with van der Waals surface area (Å²) >= 11 is 0. The second-order valence-corrected chi connectivity index (χ2v) is 8.14. The van der Waals surface area contributed by atoms with Gasteiger partial charge in [-0.3, -0.25) is 4.79 Å². The van der Waals surface area contributed by atoms with Crippen LogP contribution in [0.3, 0.4) is 0 Å². The van der Waals surface area contributed by atoms with E-state index in [0.717, 1.165) is 18.8 Å². The number of allylic oxidation sites excluding steroid dienone is 1. The van der Waals surface area contributed by atoms with E-state index in [-0.39, 0.29) is 12.2 Å². The first-order chi connectivity index (χ1) is 16.6. The number of carbonyl (C=O) groups is 1. The molecule has 1 aliphatic rings. The van der Waals surface area contributed by atoms with Gasteiger partial charge in [-0.2, -0.15) is 0 Å². The van der Waals surface area contributed by atoms with Gasteiger partial charge in [-0.15, -0.1) is 0 Å². The molecule has 0 saturated carbocycles. The number of methoxy groups -OCH3 is 1. The summed E-state index contributed by atoms with van der Waals surface area (Å²) in [4.78, 5) is 27.0. The molecule has 1 saturated heterocycles. The van der Waals surface area contributed by atoms with Crippen LogP contribution in [0, 0.1) is 6.57 Å². The van der Waals surface area contributed by atoms with Crippen LogP contribution in [0.4, 0.5) is 23.0 Å². The Morgan fingerprint density at radius 1 is 1.24 bits per heavy atom. The summed E-state index contributed by atoms with van der Waals surface area (Å²) in [7, 11) is 1.56. The quantitative estimate of drug-likeness (QED) is 0.347. The lowest BCUT2D eigenvalue weighted by atomic mass is 10.0. The van der Waals surface area contributed by atoms with E-state index in [1.165, 1.54) is 37.2 Å². The highest BCUT2D eigenvalue weighted by Gasteiger charge is 2.15. The van der Waals surface area contributed by atoms with E-state index in [9.17, 15) is 4.79 Å². The first-order valence-electron chi connectivity index (χ1n) is 11.3. The van der Waals surface area contributed by atoms with E-state index in [1.807, 2.05) is 24.3 Å². The molecule has 34 heavy (non-hydrogen) atoms. The molecule has 0 unspecified atom stereocenters. The van der Waals surface area contributed by atoms with Crippen LogP contribution in [-0.2, 0) is 11.2 Å². The van der Waals surface area contributed by atoms with Crippen LogP contribution in [0.25, 0.3) is 16.1 Å². The molecule has 4 rings (SSSR count). The Bertz CT molecular complexity index is 1240. The van der Waals surface area contributed by atoms with Crippen LogP contribution >= 0.6 is 0 Å². The zero-order valence-corrected chi connectivity index (χ0v) is 19.3.